The third kappa shape index (κ3) is 4.21. The fourth-order valence-electron chi connectivity index (χ4n) is 2.32. The van der Waals surface area contributed by atoms with Gasteiger partial charge in [-0.05, 0) is 24.3 Å². The van der Waals surface area contributed by atoms with Crippen LogP contribution in [0.1, 0.15) is 21.7 Å². The number of nitrogens with one attached hydrogen (secondary N) is 3. The van der Waals surface area contributed by atoms with E-state index in [0.29, 0.717) is 34.6 Å². The molecule has 0 aliphatic carbocycles. The zero-order valence-corrected chi connectivity index (χ0v) is 13.6. The molecular weight excluding hydrogens is 346 g/mol. The number of alkyl halides is 2. The third-order valence-electron chi connectivity index (χ3n) is 3.36. The van der Waals surface area contributed by atoms with Gasteiger partial charge in [0.25, 0.3) is 11.7 Å². The summed E-state index contributed by atoms with van der Waals surface area (Å²) in [5.41, 5.74) is 2.78. The molecule has 23 heavy (non-hydrogen) atoms. The van der Waals surface area contributed by atoms with Gasteiger partial charge in [-0.15, -0.1) is 12.4 Å². The van der Waals surface area contributed by atoms with Crippen LogP contribution in [0.5, 0.6) is 0 Å². The second-order valence-electron chi connectivity index (χ2n) is 4.81. The highest BCUT2D eigenvalue weighted by Gasteiger charge is 2.21. The van der Waals surface area contributed by atoms with Crippen molar-refractivity contribution >= 4 is 35.8 Å². The predicted molar refractivity (Wildman–Crippen MR) is 87.5 cm³/mol. The molecule has 2 heterocycles. The first kappa shape index (κ1) is 17.7. The lowest BCUT2D eigenvalue weighted by atomic mass is 10.1. The highest BCUT2D eigenvalue weighted by molar-refractivity contribution is 7.99. The zero-order valence-electron chi connectivity index (χ0n) is 11.9. The molecule has 0 saturated carbocycles. The number of carbonyl (C=O) groups excluding carboxylic acids is 1. The van der Waals surface area contributed by atoms with Crippen molar-refractivity contribution < 1.29 is 13.6 Å². The number of anilines is 1. The molecule has 1 aromatic heterocycles. The normalized spacial score (nSPS) is 13.3. The van der Waals surface area contributed by atoms with Gasteiger partial charge < -0.3 is 10.6 Å². The maximum Gasteiger partial charge on any atom is 0.288 e. The van der Waals surface area contributed by atoms with Gasteiger partial charge in [-0.3, -0.25) is 9.89 Å². The Morgan fingerprint density at radius 2 is 2.04 bits per heavy atom. The van der Waals surface area contributed by atoms with Crippen LogP contribution in [0.2, 0.25) is 0 Å². The van der Waals surface area contributed by atoms with Gasteiger partial charge in [0.1, 0.15) is 0 Å². The quantitative estimate of drug-likeness (QED) is 0.733. The first-order chi connectivity index (χ1) is 10.6. The lowest BCUT2D eigenvalue weighted by Gasteiger charge is -2.13. The summed E-state index contributed by atoms with van der Waals surface area (Å²) in [6, 6.07) is 6.29. The van der Waals surface area contributed by atoms with Crippen LogP contribution in [0.3, 0.4) is 0 Å². The molecule has 2 aromatic rings. The first-order valence-corrected chi connectivity index (χ1v) is 7.64. The maximum absolute atomic E-state index is 12.3. The van der Waals surface area contributed by atoms with Gasteiger partial charge in [0.2, 0.25) is 0 Å². The summed E-state index contributed by atoms with van der Waals surface area (Å²) in [5, 5.41) is 12.9. The number of carbonyl (C=O) groups is 1. The van der Waals surface area contributed by atoms with E-state index in [1.165, 1.54) is 0 Å². The molecule has 0 radical (unpaired) electrons. The monoisotopic (exact) mass is 360 g/mol. The number of hydrogen-bond donors (Lipinski definition) is 3. The van der Waals surface area contributed by atoms with Gasteiger partial charge in [-0.25, -0.2) is 0 Å². The van der Waals surface area contributed by atoms with Crippen molar-refractivity contribution in [3.05, 3.63) is 41.2 Å². The minimum Gasteiger partial charge on any atom is -0.321 e. The topological polar surface area (TPSA) is 69.8 Å². The van der Waals surface area contributed by atoms with Crippen LogP contribution in [-0.4, -0.2) is 28.4 Å². The van der Waals surface area contributed by atoms with Crippen molar-refractivity contribution in [2.45, 2.75) is 23.6 Å². The average Bonchev–Trinajstić information content (AvgIpc) is 2.93. The molecule has 0 saturated heterocycles. The second-order valence-corrected chi connectivity index (χ2v) is 5.88. The summed E-state index contributed by atoms with van der Waals surface area (Å²) in [5.74, 6) is -2.76. The van der Waals surface area contributed by atoms with Gasteiger partial charge in [0, 0.05) is 41.4 Å². The van der Waals surface area contributed by atoms with Crippen LogP contribution in [0.4, 0.5) is 14.5 Å². The minimum atomic E-state index is -2.46. The smallest absolute Gasteiger partial charge is 0.288 e. The minimum absolute atomic E-state index is 0. The van der Waals surface area contributed by atoms with Crippen LogP contribution in [0.15, 0.2) is 29.2 Å². The molecule has 0 fully saturated rings. The van der Waals surface area contributed by atoms with Crippen molar-refractivity contribution in [3.63, 3.8) is 0 Å². The molecule has 5 nitrogen and oxygen atoms in total. The van der Waals surface area contributed by atoms with Crippen molar-refractivity contribution in [1.29, 1.82) is 0 Å². The molecule has 0 unspecified atom stereocenters. The molecule has 1 aliphatic heterocycles. The molecule has 0 spiro atoms. The number of benzene rings is 1. The van der Waals surface area contributed by atoms with Crippen LogP contribution in [-0.2, 0) is 13.0 Å². The Balaban J connectivity index is 0.00000192. The number of thioether (sulfide) groups is 1. The molecule has 9 heteroatoms. The number of rotatable bonds is 4. The Kier molecular flexibility index (Phi) is 5.97. The Hall–Kier alpha value is -1.64. The highest BCUT2D eigenvalue weighted by Crippen LogP contribution is 2.26. The van der Waals surface area contributed by atoms with E-state index >= 15 is 0 Å². The van der Waals surface area contributed by atoms with Crippen LogP contribution >= 0.6 is 24.2 Å². The first-order valence-electron chi connectivity index (χ1n) is 6.76. The van der Waals surface area contributed by atoms with E-state index in [-0.39, 0.29) is 18.3 Å². The Labute approximate surface area is 142 Å². The Morgan fingerprint density at radius 1 is 1.30 bits per heavy atom. The van der Waals surface area contributed by atoms with Gasteiger partial charge >= 0.3 is 0 Å². The van der Waals surface area contributed by atoms with Crippen LogP contribution in [0, 0.1) is 0 Å². The summed E-state index contributed by atoms with van der Waals surface area (Å²) < 4.78 is 24.5. The largest absolute Gasteiger partial charge is 0.321 e. The van der Waals surface area contributed by atoms with E-state index in [4.69, 9.17) is 0 Å². The molecule has 0 atom stereocenters. The van der Waals surface area contributed by atoms with E-state index in [2.05, 4.69) is 20.8 Å². The maximum atomic E-state index is 12.3. The zero-order chi connectivity index (χ0) is 15.5. The number of aromatic nitrogens is 2. The van der Waals surface area contributed by atoms with Gasteiger partial charge in [-0.1, -0.05) is 11.8 Å². The van der Waals surface area contributed by atoms with E-state index in [0.717, 1.165) is 24.2 Å². The summed E-state index contributed by atoms with van der Waals surface area (Å²) in [7, 11) is 0. The van der Waals surface area contributed by atoms with E-state index < -0.39 is 5.76 Å². The molecule has 1 aliphatic rings. The standard InChI is InChI=1S/C14H14F2N4OS.ClH/c15-14(16)22-9-3-1-8(2-4-9)18-13(21)12-10-7-17-6-5-11(10)19-20-12;/h1-4,14,17H,5-7H2,(H,18,21)(H,19,20);1H. The predicted octanol–water partition coefficient (Wildman–Crippen LogP) is 3.04. The van der Waals surface area contributed by atoms with E-state index in [9.17, 15) is 13.6 Å². The number of halogens is 3. The third-order valence-corrected chi connectivity index (χ3v) is 4.08. The van der Waals surface area contributed by atoms with E-state index in [1.54, 1.807) is 24.3 Å². The number of aromatic amines is 1. The lowest BCUT2D eigenvalue weighted by Crippen LogP contribution is -2.25. The fraction of sp³-hybridized carbons (Fsp3) is 0.286. The lowest BCUT2D eigenvalue weighted by molar-refractivity contribution is 0.102. The molecule has 1 amide bonds. The van der Waals surface area contributed by atoms with Gasteiger partial charge in [-0.2, -0.15) is 13.9 Å². The van der Waals surface area contributed by atoms with Gasteiger partial charge in [0.05, 0.1) is 0 Å². The highest BCUT2D eigenvalue weighted by atomic mass is 35.5. The number of hydrogen-bond acceptors (Lipinski definition) is 4. The molecule has 0 bridgehead atoms. The van der Waals surface area contributed by atoms with E-state index in [1.807, 2.05) is 0 Å². The summed E-state index contributed by atoms with van der Waals surface area (Å²) in [6.07, 6.45) is 0.815. The average molecular weight is 361 g/mol. The molecular formula is C14H15ClF2N4OS. The molecule has 1 aromatic carbocycles. The number of H-pyrrole nitrogens is 1. The SMILES string of the molecule is Cl.O=C(Nc1ccc(SC(F)F)cc1)c1n[nH]c2c1CNCC2. The van der Waals surface area contributed by atoms with Crippen molar-refractivity contribution in [2.24, 2.45) is 0 Å². The van der Waals surface area contributed by atoms with Crippen molar-refractivity contribution in [2.75, 3.05) is 11.9 Å². The fourth-order valence-corrected chi connectivity index (χ4v) is 2.82. The van der Waals surface area contributed by atoms with Crippen LogP contribution in [0.25, 0.3) is 0 Å². The Morgan fingerprint density at radius 3 is 2.74 bits per heavy atom. The summed E-state index contributed by atoms with van der Waals surface area (Å²) >= 11 is 0.471. The number of amides is 1. The number of nitrogens with zero attached hydrogens (tertiary/aromatic N) is 1. The summed E-state index contributed by atoms with van der Waals surface area (Å²) in [6.45, 7) is 1.47. The summed E-state index contributed by atoms with van der Waals surface area (Å²) in [4.78, 5) is 12.7. The molecule has 3 rings (SSSR count). The van der Waals surface area contributed by atoms with Crippen molar-refractivity contribution in [1.82, 2.24) is 15.5 Å². The Bertz CT molecular complexity index is 678. The number of fused-ring (bicyclic) bond motifs is 1. The van der Waals surface area contributed by atoms with Crippen LogP contribution < -0.4 is 10.6 Å². The second kappa shape index (κ2) is 7.76. The molecule has 124 valence electrons. The van der Waals surface area contributed by atoms with Gasteiger partial charge in [0.15, 0.2) is 5.69 Å². The molecule has 3 N–H and O–H groups in total. The van der Waals surface area contributed by atoms with Crippen molar-refractivity contribution in [3.8, 4) is 0 Å².